The van der Waals surface area contributed by atoms with E-state index in [2.05, 4.69) is 20.5 Å². The number of guanidine groups is 1. The number of hydrogen-bond acceptors (Lipinski definition) is 2. The molecule has 2 atom stereocenters. The van der Waals surface area contributed by atoms with Crippen LogP contribution >= 0.6 is 0 Å². The molecule has 0 spiro atoms. The van der Waals surface area contributed by atoms with Gasteiger partial charge in [-0.2, -0.15) is 0 Å². The Labute approximate surface area is 155 Å². The van der Waals surface area contributed by atoms with Gasteiger partial charge < -0.3 is 10.6 Å². The highest BCUT2D eigenvalue weighted by Gasteiger charge is 2.30. The van der Waals surface area contributed by atoms with Crippen LogP contribution in [0.4, 0.5) is 8.78 Å². The summed E-state index contributed by atoms with van der Waals surface area (Å²) < 4.78 is 27.0. The average molecular weight is 364 g/mol. The van der Waals surface area contributed by atoms with Crippen molar-refractivity contribution in [3.63, 3.8) is 0 Å². The summed E-state index contributed by atoms with van der Waals surface area (Å²) in [5, 5.41) is 6.77. The predicted molar refractivity (Wildman–Crippen MR) is 102 cm³/mol. The quantitative estimate of drug-likeness (QED) is 0.622. The standard InChI is InChI=1S/C20H30F2N4/c1-14(18-8-7-15(21)11-19(18)22)12-24-20(23-2)25-16-9-10-26(13-16)17-5-3-4-6-17/h7-8,11,14,16-17H,3-6,9-10,12-13H2,1-2H3,(H2,23,24,25). The number of aliphatic imine (C=N–C) groups is 1. The van der Waals surface area contributed by atoms with Crippen LogP contribution in [-0.2, 0) is 0 Å². The molecule has 2 N–H and O–H groups in total. The van der Waals surface area contributed by atoms with Crippen molar-refractivity contribution in [1.29, 1.82) is 0 Å². The van der Waals surface area contributed by atoms with E-state index < -0.39 is 11.6 Å². The summed E-state index contributed by atoms with van der Waals surface area (Å²) >= 11 is 0. The van der Waals surface area contributed by atoms with Crippen molar-refractivity contribution in [3.05, 3.63) is 35.4 Å². The van der Waals surface area contributed by atoms with Gasteiger partial charge in [-0.05, 0) is 30.9 Å². The number of nitrogens with zero attached hydrogens (tertiary/aromatic N) is 2. The van der Waals surface area contributed by atoms with Gasteiger partial charge in [0.2, 0.25) is 0 Å². The number of rotatable bonds is 5. The molecule has 26 heavy (non-hydrogen) atoms. The second-order valence-electron chi connectivity index (χ2n) is 7.58. The molecule has 0 aromatic heterocycles. The molecule has 1 aromatic rings. The zero-order chi connectivity index (χ0) is 18.5. The van der Waals surface area contributed by atoms with Crippen LogP contribution in [-0.4, -0.2) is 49.6 Å². The summed E-state index contributed by atoms with van der Waals surface area (Å²) in [6.07, 6.45) is 6.51. The minimum atomic E-state index is -0.545. The molecule has 1 aliphatic heterocycles. The van der Waals surface area contributed by atoms with Crippen LogP contribution in [0.5, 0.6) is 0 Å². The number of halogens is 2. The smallest absolute Gasteiger partial charge is 0.191 e. The van der Waals surface area contributed by atoms with E-state index in [9.17, 15) is 8.78 Å². The summed E-state index contributed by atoms with van der Waals surface area (Å²) in [6, 6.07) is 4.93. The molecule has 2 aliphatic rings. The maximum Gasteiger partial charge on any atom is 0.191 e. The molecular formula is C20H30F2N4. The molecule has 6 heteroatoms. The Morgan fingerprint density at radius 3 is 2.73 bits per heavy atom. The fourth-order valence-electron chi connectivity index (χ4n) is 4.16. The van der Waals surface area contributed by atoms with Gasteiger partial charge in [0.05, 0.1) is 0 Å². The molecule has 4 nitrogen and oxygen atoms in total. The van der Waals surface area contributed by atoms with Crippen molar-refractivity contribution in [1.82, 2.24) is 15.5 Å². The lowest BCUT2D eigenvalue weighted by Crippen LogP contribution is -2.46. The third-order valence-electron chi connectivity index (χ3n) is 5.69. The first-order chi connectivity index (χ1) is 12.6. The van der Waals surface area contributed by atoms with Gasteiger partial charge in [0, 0.05) is 50.7 Å². The van der Waals surface area contributed by atoms with Gasteiger partial charge >= 0.3 is 0 Å². The lowest BCUT2D eigenvalue weighted by atomic mass is 10.0. The molecular weight excluding hydrogens is 334 g/mol. The molecule has 0 radical (unpaired) electrons. The van der Waals surface area contributed by atoms with E-state index in [1.54, 1.807) is 7.05 Å². The van der Waals surface area contributed by atoms with Crippen LogP contribution in [0, 0.1) is 11.6 Å². The highest BCUT2D eigenvalue weighted by molar-refractivity contribution is 5.80. The third kappa shape index (κ3) is 4.72. The highest BCUT2D eigenvalue weighted by Crippen LogP contribution is 2.26. The lowest BCUT2D eigenvalue weighted by molar-refractivity contribution is 0.242. The molecule has 1 aliphatic carbocycles. The molecule has 2 unspecified atom stereocenters. The number of benzene rings is 1. The number of nitrogens with one attached hydrogen (secondary N) is 2. The largest absolute Gasteiger partial charge is 0.356 e. The maximum absolute atomic E-state index is 13.9. The first-order valence-corrected chi connectivity index (χ1v) is 9.73. The van der Waals surface area contributed by atoms with Crippen LogP contribution in [0.3, 0.4) is 0 Å². The Bertz CT molecular complexity index is 628. The van der Waals surface area contributed by atoms with Crippen LogP contribution in [0.25, 0.3) is 0 Å². The van der Waals surface area contributed by atoms with Gasteiger partial charge in [-0.3, -0.25) is 9.89 Å². The summed E-state index contributed by atoms with van der Waals surface area (Å²) in [5.41, 5.74) is 0.516. The van der Waals surface area contributed by atoms with E-state index >= 15 is 0 Å². The zero-order valence-corrected chi connectivity index (χ0v) is 15.8. The van der Waals surface area contributed by atoms with Gasteiger partial charge in [-0.1, -0.05) is 25.8 Å². The van der Waals surface area contributed by atoms with Gasteiger partial charge in [-0.15, -0.1) is 0 Å². The van der Waals surface area contributed by atoms with Crippen molar-refractivity contribution in [3.8, 4) is 0 Å². The zero-order valence-electron chi connectivity index (χ0n) is 15.8. The van der Waals surface area contributed by atoms with E-state index in [1.807, 2.05) is 6.92 Å². The van der Waals surface area contributed by atoms with Crippen LogP contribution in [0.1, 0.15) is 50.5 Å². The molecule has 1 heterocycles. The Morgan fingerprint density at radius 2 is 2.04 bits per heavy atom. The topological polar surface area (TPSA) is 39.7 Å². The van der Waals surface area contributed by atoms with Gasteiger partial charge in [0.1, 0.15) is 11.6 Å². The average Bonchev–Trinajstić information content (AvgIpc) is 3.29. The van der Waals surface area contributed by atoms with Crippen LogP contribution < -0.4 is 10.6 Å². The van der Waals surface area contributed by atoms with Crippen molar-refractivity contribution in [2.45, 2.75) is 57.0 Å². The Kier molecular flexibility index (Phi) is 6.46. The van der Waals surface area contributed by atoms with Gasteiger partial charge in [0.25, 0.3) is 0 Å². The summed E-state index contributed by atoms with van der Waals surface area (Å²) in [4.78, 5) is 6.90. The van der Waals surface area contributed by atoms with Gasteiger partial charge in [0.15, 0.2) is 5.96 Å². The minimum Gasteiger partial charge on any atom is -0.356 e. The second-order valence-corrected chi connectivity index (χ2v) is 7.58. The number of likely N-dealkylation sites (tertiary alicyclic amines) is 1. The summed E-state index contributed by atoms with van der Waals surface area (Å²) in [6.45, 7) is 4.68. The molecule has 0 bridgehead atoms. The predicted octanol–water partition coefficient (Wildman–Crippen LogP) is 3.25. The SMILES string of the molecule is CN=C(NCC(C)c1ccc(F)cc1F)NC1CCN(C2CCCC2)C1. The molecule has 2 fully saturated rings. The highest BCUT2D eigenvalue weighted by atomic mass is 19.1. The summed E-state index contributed by atoms with van der Waals surface area (Å²) in [7, 11) is 1.75. The maximum atomic E-state index is 13.9. The Balaban J connectivity index is 1.47. The molecule has 144 valence electrons. The number of hydrogen-bond donors (Lipinski definition) is 2. The van der Waals surface area contributed by atoms with E-state index in [0.717, 1.165) is 37.6 Å². The van der Waals surface area contributed by atoms with E-state index in [-0.39, 0.29) is 5.92 Å². The van der Waals surface area contributed by atoms with E-state index in [4.69, 9.17) is 0 Å². The Hall–Kier alpha value is -1.69. The lowest BCUT2D eigenvalue weighted by Gasteiger charge is -2.24. The third-order valence-corrected chi connectivity index (χ3v) is 5.69. The van der Waals surface area contributed by atoms with Crippen molar-refractivity contribution >= 4 is 5.96 Å². The normalized spacial score (nSPS) is 23.4. The first-order valence-electron chi connectivity index (χ1n) is 9.73. The molecule has 0 amide bonds. The fraction of sp³-hybridized carbons (Fsp3) is 0.650. The summed E-state index contributed by atoms with van der Waals surface area (Å²) in [5.74, 6) is -0.368. The van der Waals surface area contributed by atoms with E-state index in [0.29, 0.717) is 18.2 Å². The van der Waals surface area contributed by atoms with Crippen molar-refractivity contribution in [2.24, 2.45) is 4.99 Å². The Morgan fingerprint density at radius 1 is 1.27 bits per heavy atom. The van der Waals surface area contributed by atoms with Crippen LogP contribution in [0.2, 0.25) is 0 Å². The fourth-order valence-corrected chi connectivity index (χ4v) is 4.16. The van der Waals surface area contributed by atoms with Crippen LogP contribution in [0.15, 0.2) is 23.2 Å². The molecule has 1 aromatic carbocycles. The van der Waals surface area contributed by atoms with Gasteiger partial charge in [-0.25, -0.2) is 8.78 Å². The molecule has 1 saturated carbocycles. The van der Waals surface area contributed by atoms with Crippen molar-refractivity contribution < 1.29 is 8.78 Å². The second kappa shape index (κ2) is 8.80. The van der Waals surface area contributed by atoms with E-state index in [1.165, 1.54) is 37.8 Å². The monoisotopic (exact) mass is 364 g/mol. The molecule has 1 saturated heterocycles. The molecule has 3 rings (SSSR count). The van der Waals surface area contributed by atoms with Crippen molar-refractivity contribution in [2.75, 3.05) is 26.7 Å². The minimum absolute atomic E-state index is 0.0762. The first kappa shape index (κ1) is 19.1.